The number of hydrogen-bond acceptors (Lipinski definition) is 1. The van der Waals surface area contributed by atoms with Gasteiger partial charge in [-0.05, 0) is 24.1 Å². The zero-order valence-electron chi connectivity index (χ0n) is 7.49. The van der Waals surface area contributed by atoms with Crippen LogP contribution in [0.1, 0.15) is 11.1 Å². The Bertz CT molecular complexity index is 298. The van der Waals surface area contributed by atoms with Crippen molar-refractivity contribution in [3.05, 3.63) is 41.5 Å². The molecule has 0 fully saturated rings. The second kappa shape index (κ2) is 4.50. The van der Waals surface area contributed by atoms with E-state index in [1.165, 1.54) is 11.1 Å². The Labute approximate surface area is 73.5 Å². The normalized spacial score (nSPS) is 11.5. The molecule has 0 saturated heterocycles. The largest absolute Gasteiger partial charge is 0.297 e. The Morgan fingerprint density at radius 3 is 2.67 bits per heavy atom. The first-order chi connectivity index (χ1) is 5.84. The maximum Gasteiger partial charge on any atom is 0.0277 e. The SMILES string of the molecule is C/N=C/C=C\c1ccccc1C. The Kier molecular flexibility index (Phi) is 3.27. The number of rotatable bonds is 2. The molecule has 0 N–H and O–H groups in total. The van der Waals surface area contributed by atoms with E-state index in [4.69, 9.17) is 0 Å². The molecule has 1 nitrogen and oxygen atoms in total. The predicted octanol–water partition coefficient (Wildman–Crippen LogP) is 2.71. The van der Waals surface area contributed by atoms with E-state index in [0.29, 0.717) is 0 Å². The van der Waals surface area contributed by atoms with Crippen LogP contribution >= 0.6 is 0 Å². The standard InChI is InChI=1S/C11H13N/c1-10-6-3-4-7-11(10)8-5-9-12-2/h3-9H,1-2H3/b8-5-,12-9+. The van der Waals surface area contributed by atoms with Gasteiger partial charge in [0.05, 0.1) is 0 Å². The fourth-order valence-electron chi connectivity index (χ4n) is 1.01. The fourth-order valence-corrected chi connectivity index (χ4v) is 1.01. The van der Waals surface area contributed by atoms with Crippen LogP contribution in [0, 0.1) is 6.92 Å². The third-order valence-electron chi connectivity index (χ3n) is 1.70. The van der Waals surface area contributed by atoms with E-state index in [9.17, 15) is 0 Å². The molecule has 1 aromatic rings. The van der Waals surface area contributed by atoms with Crippen molar-refractivity contribution < 1.29 is 0 Å². The minimum atomic E-state index is 1.25. The molecule has 0 atom stereocenters. The number of hydrogen-bond donors (Lipinski definition) is 0. The van der Waals surface area contributed by atoms with E-state index < -0.39 is 0 Å². The maximum absolute atomic E-state index is 3.87. The number of aryl methyl sites for hydroxylation is 1. The highest BCUT2D eigenvalue weighted by atomic mass is 14.6. The van der Waals surface area contributed by atoms with Crippen molar-refractivity contribution in [2.24, 2.45) is 4.99 Å². The minimum Gasteiger partial charge on any atom is -0.297 e. The van der Waals surface area contributed by atoms with Crippen LogP contribution < -0.4 is 0 Å². The molecule has 0 amide bonds. The van der Waals surface area contributed by atoms with Gasteiger partial charge in [-0.25, -0.2) is 0 Å². The molecule has 0 unspecified atom stereocenters. The summed E-state index contributed by atoms with van der Waals surface area (Å²) in [5.74, 6) is 0. The van der Waals surface area contributed by atoms with Crippen molar-refractivity contribution in [2.75, 3.05) is 7.05 Å². The molecule has 0 aliphatic carbocycles. The molecule has 0 saturated carbocycles. The van der Waals surface area contributed by atoms with Gasteiger partial charge in [0, 0.05) is 13.3 Å². The molecule has 1 aromatic carbocycles. The van der Waals surface area contributed by atoms with E-state index in [1.54, 1.807) is 13.3 Å². The molecule has 0 spiro atoms. The molecule has 0 aromatic heterocycles. The second-order valence-electron chi connectivity index (χ2n) is 2.62. The summed E-state index contributed by atoms with van der Waals surface area (Å²) in [4.78, 5) is 3.87. The minimum absolute atomic E-state index is 1.25. The summed E-state index contributed by atoms with van der Waals surface area (Å²) in [6.45, 7) is 2.10. The average molecular weight is 159 g/mol. The highest BCUT2D eigenvalue weighted by Crippen LogP contribution is 2.07. The monoisotopic (exact) mass is 159 g/mol. The Balaban J connectivity index is 2.82. The molecular formula is C11H13N. The molecule has 0 radical (unpaired) electrons. The molecule has 12 heavy (non-hydrogen) atoms. The van der Waals surface area contributed by atoms with Crippen LogP contribution in [-0.4, -0.2) is 13.3 Å². The van der Waals surface area contributed by atoms with Gasteiger partial charge in [0.25, 0.3) is 0 Å². The number of aliphatic imine (C=N–C) groups is 1. The summed E-state index contributed by atoms with van der Waals surface area (Å²) >= 11 is 0. The van der Waals surface area contributed by atoms with E-state index in [2.05, 4.69) is 30.1 Å². The van der Waals surface area contributed by atoms with Crippen LogP contribution in [0.4, 0.5) is 0 Å². The first kappa shape index (κ1) is 8.72. The lowest BCUT2D eigenvalue weighted by molar-refractivity contribution is 1.44. The van der Waals surface area contributed by atoms with Crippen molar-refractivity contribution in [1.82, 2.24) is 0 Å². The first-order valence-corrected chi connectivity index (χ1v) is 3.99. The molecule has 0 aliphatic rings. The third-order valence-corrected chi connectivity index (χ3v) is 1.70. The smallest absolute Gasteiger partial charge is 0.0277 e. The van der Waals surface area contributed by atoms with Crippen molar-refractivity contribution in [2.45, 2.75) is 6.92 Å². The molecule has 1 heteroatoms. The summed E-state index contributed by atoms with van der Waals surface area (Å²) in [7, 11) is 1.77. The highest BCUT2D eigenvalue weighted by molar-refractivity contribution is 5.78. The molecule has 0 aliphatic heterocycles. The lowest BCUT2D eigenvalue weighted by Gasteiger charge is -1.96. The van der Waals surface area contributed by atoms with Crippen molar-refractivity contribution in [3.63, 3.8) is 0 Å². The van der Waals surface area contributed by atoms with Gasteiger partial charge in [-0.1, -0.05) is 30.3 Å². The zero-order valence-corrected chi connectivity index (χ0v) is 7.49. The van der Waals surface area contributed by atoms with Crippen LogP contribution in [-0.2, 0) is 0 Å². The van der Waals surface area contributed by atoms with E-state index >= 15 is 0 Å². The lowest BCUT2D eigenvalue weighted by Crippen LogP contribution is -1.77. The molecular weight excluding hydrogens is 146 g/mol. The van der Waals surface area contributed by atoms with Gasteiger partial charge >= 0.3 is 0 Å². The molecule has 0 heterocycles. The van der Waals surface area contributed by atoms with Gasteiger partial charge in [0.1, 0.15) is 0 Å². The van der Waals surface area contributed by atoms with Crippen molar-refractivity contribution in [1.29, 1.82) is 0 Å². The van der Waals surface area contributed by atoms with Crippen LogP contribution in [0.25, 0.3) is 6.08 Å². The van der Waals surface area contributed by atoms with Crippen molar-refractivity contribution >= 4 is 12.3 Å². The van der Waals surface area contributed by atoms with E-state index in [1.807, 2.05) is 18.2 Å². The predicted molar refractivity (Wildman–Crippen MR) is 54.6 cm³/mol. The van der Waals surface area contributed by atoms with Crippen LogP contribution in [0.2, 0.25) is 0 Å². The Morgan fingerprint density at radius 2 is 2.00 bits per heavy atom. The van der Waals surface area contributed by atoms with E-state index in [-0.39, 0.29) is 0 Å². The number of allylic oxidation sites excluding steroid dienone is 1. The summed E-state index contributed by atoms with van der Waals surface area (Å²) in [6.07, 6.45) is 5.79. The van der Waals surface area contributed by atoms with Gasteiger partial charge in [0.2, 0.25) is 0 Å². The Morgan fingerprint density at radius 1 is 1.25 bits per heavy atom. The van der Waals surface area contributed by atoms with Gasteiger partial charge in [-0.3, -0.25) is 4.99 Å². The summed E-state index contributed by atoms with van der Waals surface area (Å²) in [6, 6.07) is 8.27. The number of nitrogens with zero attached hydrogens (tertiary/aromatic N) is 1. The lowest BCUT2D eigenvalue weighted by atomic mass is 10.1. The molecule has 1 rings (SSSR count). The Hall–Kier alpha value is -1.37. The first-order valence-electron chi connectivity index (χ1n) is 3.99. The average Bonchev–Trinajstić information content (AvgIpc) is 2.09. The second-order valence-corrected chi connectivity index (χ2v) is 2.62. The molecule has 62 valence electrons. The zero-order chi connectivity index (χ0) is 8.81. The highest BCUT2D eigenvalue weighted by Gasteiger charge is 1.88. The summed E-state index contributed by atoms with van der Waals surface area (Å²) < 4.78 is 0. The van der Waals surface area contributed by atoms with Gasteiger partial charge in [0.15, 0.2) is 0 Å². The summed E-state index contributed by atoms with van der Waals surface area (Å²) in [5.41, 5.74) is 2.54. The molecule has 0 bridgehead atoms. The topological polar surface area (TPSA) is 12.4 Å². The van der Waals surface area contributed by atoms with Crippen LogP contribution in [0.5, 0.6) is 0 Å². The van der Waals surface area contributed by atoms with Gasteiger partial charge in [-0.2, -0.15) is 0 Å². The van der Waals surface area contributed by atoms with Crippen LogP contribution in [0.15, 0.2) is 35.3 Å². The quantitative estimate of drug-likeness (QED) is 0.588. The van der Waals surface area contributed by atoms with Crippen LogP contribution in [0.3, 0.4) is 0 Å². The van der Waals surface area contributed by atoms with Gasteiger partial charge < -0.3 is 0 Å². The van der Waals surface area contributed by atoms with Gasteiger partial charge in [-0.15, -0.1) is 0 Å². The fraction of sp³-hybridized carbons (Fsp3) is 0.182. The van der Waals surface area contributed by atoms with E-state index in [0.717, 1.165) is 0 Å². The van der Waals surface area contributed by atoms with Crippen molar-refractivity contribution in [3.8, 4) is 0 Å². The summed E-state index contributed by atoms with van der Waals surface area (Å²) in [5, 5.41) is 0. The number of benzene rings is 1. The maximum atomic E-state index is 3.87. The third kappa shape index (κ3) is 2.35.